The maximum absolute atomic E-state index is 4.32. The highest BCUT2D eigenvalue weighted by Crippen LogP contribution is 2.61. The van der Waals surface area contributed by atoms with Crippen molar-refractivity contribution in [2.24, 2.45) is 11.3 Å². The Labute approximate surface area is 90.3 Å². The molecule has 80 valence electrons. The summed E-state index contributed by atoms with van der Waals surface area (Å²) < 4.78 is 0. The van der Waals surface area contributed by atoms with Crippen LogP contribution in [-0.4, -0.2) is 16.5 Å². The first-order valence-electron chi connectivity index (χ1n) is 5.82. The second kappa shape index (κ2) is 3.19. The summed E-state index contributed by atoms with van der Waals surface area (Å²) in [5.74, 6) is 1.96. The molecule has 0 saturated heterocycles. The van der Waals surface area contributed by atoms with Crippen molar-refractivity contribution in [2.75, 3.05) is 11.9 Å². The largest absolute Gasteiger partial charge is 0.368 e. The normalized spacial score (nSPS) is 22.5. The van der Waals surface area contributed by atoms with Crippen molar-refractivity contribution >= 4 is 5.82 Å². The van der Waals surface area contributed by atoms with Crippen LogP contribution in [0.25, 0.3) is 0 Å². The molecule has 2 fully saturated rings. The lowest BCUT2D eigenvalue weighted by Crippen LogP contribution is -2.18. The average Bonchev–Trinajstić information content (AvgIpc) is 3.10. The third kappa shape index (κ3) is 1.71. The van der Waals surface area contributed by atoms with Crippen molar-refractivity contribution in [1.29, 1.82) is 0 Å². The summed E-state index contributed by atoms with van der Waals surface area (Å²) in [5.41, 5.74) is 1.63. The van der Waals surface area contributed by atoms with Crippen LogP contribution >= 0.6 is 0 Å². The summed E-state index contributed by atoms with van der Waals surface area (Å²) in [7, 11) is 0. The Morgan fingerprint density at radius 1 is 1.33 bits per heavy atom. The van der Waals surface area contributed by atoms with Crippen molar-refractivity contribution in [1.82, 2.24) is 9.97 Å². The number of aromatic nitrogens is 2. The number of hydrogen-bond donors (Lipinski definition) is 1. The molecule has 0 atom stereocenters. The predicted molar refractivity (Wildman–Crippen MR) is 59.6 cm³/mol. The topological polar surface area (TPSA) is 37.8 Å². The molecule has 1 heterocycles. The first kappa shape index (κ1) is 9.13. The van der Waals surface area contributed by atoms with Gasteiger partial charge in [0.25, 0.3) is 0 Å². The van der Waals surface area contributed by atoms with Gasteiger partial charge in [-0.1, -0.05) is 0 Å². The zero-order valence-corrected chi connectivity index (χ0v) is 9.16. The van der Waals surface area contributed by atoms with E-state index in [1.165, 1.54) is 25.7 Å². The quantitative estimate of drug-likeness (QED) is 0.816. The van der Waals surface area contributed by atoms with Crippen LogP contribution in [0.1, 0.15) is 31.4 Å². The van der Waals surface area contributed by atoms with Crippen molar-refractivity contribution in [3.05, 3.63) is 18.1 Å². The van der Waals surface area contributed by atoms with Crippen molar-refractivity contribution < 1.29 is 0 Å². The number of hydrogen-bond acceptors (Lipinski definition) is 3. The van der Waals surface area contributed by atoms with Gasteiger partial charge in [-0.3, -0.25) is 4.98 Å². The van der Waals surface area contributed by atoms with Crippen LogP contribution in [0.3, 0.4) is 0 Å². The minimum atomic E-state index is 0.629. The fourth-order valence-electron chi connectivity index (χ4n) is 2.43. The summed E-state index contributed by atoms with van der Waals surface area (Å²) in [5, 5.41) is 3.46. The SMILES string of the molecule is Cc1nccnc1NCC1(C2CC2)CC1. The van der Waals surface area contributed by atoms with Crippen LogP contribution in [0.15, 0.2) is 12.4 Å². The van der Waals surface area contributed by atoms with Crippen LogP contribution in [0.5, 0.6) is 0 Å². The minimum Gasteiger partial charge on any atom is -0.368 e. The Kier molecular flexibility index (Phi) is 1.94. The Morgan fingerprint density at radius 3 is 2.67 bits per heavy atom. The summed E-state index contributed by atoms with van der Waals surface area (Å²) in [6.45, 7) is 3.10. The molecule has 3 heteroatoms. The van der Waals surface area contributed by atoms with Gasteiger partial charge >= 0.3 is 0 Å². The number of nitrogens with zero attached hydrogens (tertiary/aromatic N) is 2. The van der Waals surface area contributed by atoms with Crippen LogP contribution in [0.4, 0.5) is 5.82 Å². The minimum absolute atomic E-state index is 0.629. The molecule has 1 aromatic rings. The molecular weight excluding hydrogens is 186 g/mol. The molecule has 0 unspecified atom stereocenters. The van der Waals surface area contributed by atoms with E-state index in [0.717, 1.165) is 24.0 Å². The molecule has 15 heavy (non-hydrogen) atoms. The van der Waals surface area contributed by atoms with E-state index in [1.807, 2.05) is 6.92 Å². The molecule has 3 nitrogen and oxygen atoms in total. The van der Waals surface area contributed by atoms with Gasteiger partial charge in [-0.05, 0) is 43.9 Å². The highest BCUT2D eigenvalue weighted by molar-refractivity contribution is 5.39. The van der Waals surface area contributed by atoms with E-state index in [9.17, 15) is 0 Å². The first-order valence-corrected chi connectivity index (χ1v) is 5.82. The van der Waals surface area contributed by atoms with Gasteiger partial charge in [0, 0.05) is 18.9 Å². The Bertz CT molecular complexity index is 367. The highest BCUT2D eigenvalue weighted by Gasteiger charge is 2.53. The fourth-order valence-corrected chi connectivity index (χ4v) is 2.43. The van der Waals surface area contributed by atoms with E-state index in [2.05, 4.69) is 15.3 Å². The van der Waals surface area contributed by atoms with Gasteiger partial charge in [0.2, 0.25) is 0 Å². The monoisotopic (exact) mass is 203 g/mol. The molecule has 0 aromatic carbocycles. The number of aryl methyl sites for hydroxylation is 1. The Balaban J connectivity index is 1.64. The molecule has 0 amide bonds. The molecule has 0 bridgehead atoms. The molecule has 2 aliphatic carbocycles. The van der Waals surface area contributed by atoms with Crippen molar-refractivity contribution in [2.45, 2.75) is 32.6 Å². The number of nitrogens with one attached hydrogen (secondary N) is 1. The third-order valence-corrected chi connectivity index (χ3v) is 3.82. The van der Waals surface area contributed by atoms with Gasteiger partial charge < -0.3 is 5.32 Å². The molecule has 1 N–H and O–H groups in total. The Hall–Kier alpha value is -1.12. The van der Waals surface area contributed by atoms with Gasteiger partial charge in [0.15, 0.2) is 0 Å². The van der Waals surface area contributed by atoms with Crippen LogP contribution in [0, 0.1) is 18.3 Å². The maximum atomic E-state index is 4.32. The van der Waals surface area contributed by atoms with E-state index in [-0.39, 0.29) is 0 Å². The van der Waals surface area contributed by atoms with Crippen molar-refractivity contribution in [3.63, 3.8) is 0 Å². The Morgan fingerprint density at radius 2 is 2.07 bits per heavy atom. The lowest BCUT2D eigenvalue weighted by molar-refractivity contribution is 0.466. The first-order chi connectivity index (χ1) is 7.30. The van der Waals surface area contributed by atoms with E-state index in [0.29, 0.717) is 5.41 Å². The number of rotatable bonds is 4. The van der Waals surface area contributed by atoms with Gasteiger partial charge in [0.1, 0.15) is 5.82 Å². The molecule has 0 aliphatic heterocycles. The van der Waals surface area contributed by atoms with Gasteiger partial charge in [-0.15, -0.1) is 0 Å². The summed E-state index contributed by atoms with van der Waals surface area (Å²) in [6, 6.07) is 0. The zero-order chi connectivity index (χ0) is 10.3. The summed E-state index contributed by atoms with van der Waals surface area (Å²) in [4.78, 5) is 8.55. The van der Waals surface area contributed by atoms with Gasteiger partial charge in [0.05, 0.1) is 5.69 Å². The number of anilines is 1. The van der Waals surface area contributed by atoms with E-state index < -0.39 is 0 Å². The molecule has 2 aliphatic rings. The second-order valence-corrected chi connectivity index (χ2v) is 4.98. The van der Waals surface area contributed by atoms with E-state index >= 15 is 0 Å². The van der Waals surface area contributed by atoms with Crippen LogP contribution in [0.2, 0.25) is 0 Å². The van der Waals surface area contributed by atoms with E-state index in [1.54, 1.807) is 12.4 Å². The third-order valence-electron chi connectivity index (χ3n) is 3.82. The standard InChI is InChI=1S/C12H17N3/c1-9-11(14-7-6-13-9)15-8-12(4-5-12)10-2-3-10/h6-7,10H,2-5,8H2,1H3,(H,14,15). The zero-order valence-electron chi connectivity index (χ0n) is 9.16. The molecule has 2 saturated carbocycles. The molecule has 0 radical (unpaired) electrons. The lowest BCUT2D eigenvalue weighted by atomic mass is 10.0. The smallest absolute Gasteiger partial charge is 0.147 e. The molecule has 1 aromatic heterocycles. The molecule has 0 spiro atoms. The van der Waals surface area contributed by atoms with Gasteiger partial charge in [-0.2, -0.15) is 0 Å². The fraction of sp³-hybridized carbons (Fsp3) is 0.667. The predicted octanol–water partition coefficient (Wildman–Crippen LogP) is 2.39. The lowest BCUT2D eigenvalue weighted by Gasteiger charge is -2.15. The highest BCUT2D eigenvalue weighted by atomic mass is 15.0. The van der Waals surface area contributed by atoms with Crippen LogP contribution in [-0.2, 0) is 0 Å². The summed E-state index contributed by atoms with van der Waals surface area (Å²) >= 11 is 0. The summed E-state index contributed by atoms with van der Waals surface area (Å²) in [6.07, 6.45) is 9.20. The molecular formula is C12H17N3. The second-order valence-electron chi connectivity index (χ2n) is 4.98. The van der Waals surface area contributed by atoms with Crippen LogP contribution < -0.4 is 5.32 Å². The van der Waals surface area contributed by atoms with E-state index in [4.69, 9.17) is 0 Å². The maximum Gasteiger partial charge on any atom is 0.147 e. The molecule has 3 rings (SSSR count). The van der Waals surface area contributed by atoms with Gasteiger partial charge in [-0.25, -0.2) is 4.98 Å². The van der Waals surface area contributed by atoms with Crippen molar-refractivity contribution in [3.8, 4) is 0 Å². The average molecular weight is 203 g/mol.